The van der Waals surface area contributed by atoms with Gasteiger partial charge in [0.15, 0.2) is 5.69 Å². The minimum Gasteiger partial charge on any atom is -0.508 e. The van der Waals surface area contributed by atoms with Crippen molar-refractivity contribution in [1.29, 1.82) is 0 Å². The number of rotatable bonds is 9. The molecule has 11 nitrogen and oxygen atoms in total. The predicted octanol–water partition coefficient (Wildman–Crippen LogP) is 4.60. The first-order valence-corrected chi connectivity index (χ1v) is 16.6. The van der Waals surface area contributed by atoms with Gasteiger partial charge < -0.3 is 25.0 Å². The highest BCUT2D eigenvalue weighted by molar-refractivity contribution is 5.98. The number of anilines is 2. The number of alkyl halides is 1. The summed E-state index contributed by atoms with van der Waals surface area (Å²) in [6.45, 7) is 4.84. The number of fused-ring (bicyclic) bond motifs is 3. The lowest BCUT2D eigenvalue weighted by Gasteiger charge is -2.33. The van der Waals surface area contributed by atoms with Gasteiger partial charge in [0, 0.05) is 63.4 Å². The molecule has 2 fully saturated rings. The van der Waals surface area contributed by atoms with Crippen molar-refractivity contribution in [3.8, 4) is 11.8 Å². The quantitative estimate of drug-likeness (QED) is 0.266. The summed E-state index contributed by atoms with van der Waals surface area (Å²) >= 11 is 0. The number of hydrogen-bond donors (Lipinski definition) is 2. The van der Waals surface area contributed by atoms with Crippen molar-refractivity contribution in [2.75, 3.05) is 50.6 Å². The number of carbonyl (C=O) groups excluding carboxylic acids is 1. The van der Waals surface area contributed by atoms with Crippen LogP contribution in [0.1, 0.15) is 59.2 Å². The molecular weight excluding hydrogens is 618 g/mol. The highest BCUT2D eigenvalue weighted by Gasteiger charge is 2.49. The third-order valence-electron chi connectivity index (χ3n) is 10.1. The maximum atomic E-state index is 15.0. The van der Waals surface area contributed by atoms with E-state index in [9.17, 15) is 18.7 Å². The van der Waals surface area contributed by atoms with E-state index in [-0.39, 0.29) is 29.0 Å². The summed E-state index contributed by atoms with van der Waals surface area (Å²) in [4.78, 5) is 28.1. The SMILES string of the molecule is CCc1c(F)ccc2cc(O)cc(N3CCc4c(nc(OC[C@@]56CCCN5C[C@H](F)C6)nc4NCc4cc(C(=O)N(C)C)nn4C)C3)c12. The van der Waals surface area contributed by atoms with E-state index in [1.807, 2.05) is 6.92 Å². The van der Waals surface area contributed by atoms with Gasteiger partial charge in [-0.25, -0.2) is 8.78 Å². The lowest BCUT2D eigenvalue weighted by atomic mass is 9.95. The van der Waals surface area contributed by atoms with Crippen LogP contribution in [0.3, 0.4) is 0 Å². The molecule has 13 heteroatoms. The number of hydrogen-bond acceptors (Lipinski definition) is 9. The Labute approximate surface area is 278 Å². The topological polar surface area (TPSA) is 112 Å². The van der Waals surface area contributed by atoms with Gasteiger partial charge in [0.05, 0.1) is 30.0 Å². The Morgan fingerprint density at radius 2 is 2.04 bits per heavy atom. The molecule has 2 saturated heterocycles. The molecule has 3 aliphatic rings. The minimum absolute atomic E-state index is 0.109. The molecule has 0 unspecified atom stereocenters. The highest BCUT2D eigenvalue weighted by atomic mass is 19.1. The van der Waals surface area contributed by atoms with Gasteiger partial charge >= 0.3 is 6.01 Å². The van der Waals surface area contributed by atoms with E-state index in [0.29, 0.717) is 69.1 Å². The summed E-state index contributed by atoms with van der Waals surface area (Å²) in [5.74, 6) is 0.276. The molecule has 2 atom stereocenters. The van der Waals surface area contributed by atoms with Gasteiger partial charge in [-0.3, -0.25) is 14.4 Å². The first kappa shape index (κ1) is 32.0. The molecule has 2 N–H and O–H groups in total. The van der Waals surface area contributed by atoms with E-state index >= 15 is 0 Å². The van der Waals surface area contributed by atoms with E-state index in [1.165, 1.54) is 11.0 Å². The standard InChI is InChI=1S/C35H42F2N8O3/c1-5-25-27(37)8-7-21-13-24(46)15-30(31(21)25)44-12-9-26-29(19-44)39-34(48-20-35-10-6-11-45(35)18-22(36)16-35)40-32(26)38-17-23-14-28(41-43(23)4)33(47)42(2)3/h7-8,13-15,22,46H,5-6,9-12,16-20H2,1-4H3,(H,38,39,40)/t22-,35+/m1/s1. The Hall–Kier alpha value is -4.52. The van der Waals surface area contributed by atoms with Crippen molar-refractivity contribution < 1.29 is 23.4 Å². The van der Waals surface area contributed by atoms with E-state index in [4.69, 9.17) is 14.7 Å². The van der Waals surface area contributed by atoms with Crippen LogP contribution < -0.4 is 15.0 Å². The zero-order valence-corrected chi connectivity index (χ0v) is 27.9. The van der Waals surface area contributed by atoms with Crippen molar-refractivity contribution in [2.24, 2.45) is 7.05 Å². The fourth-order valence-corrected chi connectivity index (χ4v) is 7.72. The number of carbonyl (C=O) groups is 1. The number of phenolic OH excluding ortho intramolecular Hbond substituents is 1. The lowest BCUT2D eigenvalue weighted by molar-refractivity contribution is 0.0821. The number of aryl methyl sites for hydroxylation is 2. The van der Waals surface area contributed by atoms with Gasteiger partial charge in [-0.05, 0) is 61.4 Å². The third kappa shape index (κ3) is 5.78. The fourth-order valence-electron chi connectivity index (χ4n) is 7.72. The Kier molecular flexibility index (Phi) is 8.34. The molecule has 0 bridgehead atoms. The van der Waals surface area contributed by atoms with Gasteiger partial charge in [-0.2, -0.15) is 15.1 Å². The molecule has 5 heterocycles. The highest BCUT2D eigenvalue weighted by Crippen LogP contribution is 2.41. The van der Waals surface area contributed by atoms with Crippen LogP contribution in [0, 0.1) is 5.82 Å². The summed E-state index contributed by atoms with van der Waals surface area (Å²) in [6.07, 6.45) is 2.53. The summed E-state index contributed by atoms with van der Waals surface area (Å²) < 4.78 is 37.5. The summed E-state index contributed by atoms with van der Waals surface area (Å²) in [5.41, 5.74) is 3.83. The van der Waals surface area contributed by atoms with Crippen LogP contribution in [0.15, 0.2) is 30.3 Å². The number of halogens is 2. The van der Waals surface area contributed by atoms with Gasteiger partial charge in [-0.1, -0.05) is 13.0 Å². The number of ether oxygens (including phenoxy) is 1. The van der Waals surface area contributed by atoms with Crippen LogP contribution in [0.5, 0.6) is 11.8 Å². The van der Waals surface area contributed by atoms with Crippen molar-refractivity contribution in [3.63, 3.8) is 0 Å². The number of benzene rings is 2. The maximum Gasteiger partial charge on any atom is 0.318 e. The zero-order valence-electron chi connectivity index (χ0n) is 27.9. The number of aromatic hydroxyl groups is 1. The third-order valence-corrected chi connectivity index (χ3v) is 10.1. The first-order valence-electron chi connectivity index (χ1n) is 16.6. The second kappa shape index (κ2) is 12.5. The average Bonchev–Trinajstić information content (AvgIpc) is 3.72. The van der Waals surface area contributed by atoms with Crippen LogP contribution in [-0.2, 0) is 33.0 Å². The number of nitrogens with zero attached hydrogens (tertiary/aromatic N) is 7. The Morgan fingerprint density at radius 3 is 2.83 bits per heavy atom. The van der Waals surface area contributed by atoms with Crippen LogP contribution in [0.25, 0.3) is 10.8 Å². The normalized spacial score (nSPS) is 20.6. The number of phenols is 1. The molecule has 0 saturated carbocycles. The molecule has 3 aliphatic heterocycles. The Balaban J connectivity index is 1.22. The lowest BCUT2D eigenvalue weighted by Crippen LogP contribution is -2.43. The maximum absolute atomic E-state index is 15.0. The van der Waals surface area contributed by atoms with Crippen LogP contribution >= 0.6 is 0 Å². The molecule has 2 aromatic carbocycles. The number of amides is 1. The van der Waals surface area contributed by atoms with Crippen molar-refractivity contribution in [3.05, 3.63) is 64.4 Å². The largest absolute Gasteiger partial charge is 0.508 e. The van der Waals surface area contributed by atoms with Crippen molar-refractivity contribution >= 4 is 28.2 Å². The molecule has 0 spiro atoms. The molecular formula is C35H42F2N8O3. The number of nitrogens with one attached hydrogen (secondary N) is 1. The summed E-state index contributed by atoms with van der Waals surface area (Å²) in [7, 11) is 5.18. The van der Waals surface area contributed by atoms with Crippen LogP contribution in [-0.4, -0.2) is 92.6 Å². The summed E-state index contributed by atoms with van der Waals surface area (Å²) in [6, 6.07) is 8.48. The first-order chi connectivity index (χ1) is 23.0. The van der Waals surface area contributed by atoms with Crippen molar-refractivity contribution in [1.82, 2.24) is 29.5 Å². The minimum atomic E-state index is -0.873. The number of aromatic nitrogens is 4. The predicted molar refractivity (Wildman–Crippen MR) is 179 cm³/mol. The molecule has 2 aromatic heterocycles. The van der Waals surface area contributed by atoms with Gasteiger partial charge in [0.2, 0.25) is 0 Å². The zero-order chi connectivity index (χ0) is 33.7. The summed E-state index contributed by atoms with van der Waals surface area (Å²) in [5, 5.41) is 20.1. The van der Waals surface area contributed by atoms with Crippen molar-refractivity contribution in [2.45, 2.75) is 63.8 Å². The Bertz CT molecular complexity index is 1880. The molecule has 48 heavy (non-hydrogen) atoms. The van der Waals surface area contributed by atoms with Crippen LogP contribution in [0.4, 0.5) is 20.3 Å². The molecule has 0 aliphatic carbocycles. The smallest absolute Gasteiger partial charge is 0.318 e. The van der Waals surface area contributed by atoms with Gasteiger partial charge in [0.1, 0.15) is 30.2 Å². The molecule has 1 amide bonds. The molecule has 254 valence electrons. The Morgan fingerprint density at radius 1 is 1.21 bits per heavy atom. The van der Waals surface area contributed by atoms with E-state index < -0.39 is 6.17 Å². The average molecular weight is 661 g/mol. The van der Waals surface area contributed by atoms with Gasteiger partial charge in [0.25, 0.3) is 5.91 Å². The second-order valence-electron chi connectivity index (χ2n) is 13.5. The fraction of sp³-hybridized carbons (Fsp3) is 0.486. The van der Waals surface area contributed by atoms with E-state index in [0.717, 1.165) is 52.8 Å². The molecule has 7 rings (SSSR count). The van der Waals surface area contributed by atoms with Crippen LogP contribution in [0.2, 0.25) is 0 Å². The van der Waals surface area contributed by atoms with E-state index in [2.05, 4.69) is 20.2 Å². The second-order valence-corrected chi connectivity index (χ2v) is 13.5. The van der Waals surface area contributed by atoms with E-state index in [1.54, 1.807) is 50.1 Å². The molecule has 0 radical (unpaired) electrons. The molecule has 4 aromatic rings. The monoisotopic (exact) mass is 660 g/mol. The van der Waals surface area contributed by atoms with Gasteiger partial charge in [-0.15, -0.1) is 0 Å².